The molecule has 0 bridgehead atoms. The predicted molar refractivity (Wildman–Crippen MR) is 118 cm³/mol. The Morgan fingerprint density at radius 2 is 1.90 bits per heavy atom. The van der Waals surface area contributed by atoms with E-state index in [-0.39, 0.29) is 23.8 Å². The number of hydrogen-bond donors (Lipinski definition) is 2. The van der Waals surface area contributed by atoms with E-state index >= 15 is 0 Å². The van der Waals surface area contributed by atoms with Crippen LogP contribution in [-0.4, -0.2) is 22.9 Å². The molecule has 4 unspecified atom stereocenters. The second-order valence-electron chi connectivity index (χ2n) is 8.27. The fourth-order valence-electron chi connectivity index (χ4n) is 4.04. The largest absolute Gasteiger partial charge is 0.396 e. The third-order valence-corrected chi connectivity index (χ3v) is 7.89. The number of benzene rings is 2. The van der Waals surface area contributed by atoms with Crippen LogP contribution in [0.4, 0.5) is 18.9 Å². The fraction of sp³-hybridized carbons (Fsp3) is 0.435. The number of anilines is 1. The molecule has 4 atom stereocenters. The molecule has 0 aliphatic heterocycles. The summed E-state index contributed by atoms with van der Waals surface area (Å²) in [7, 11) is 0. The number of hydrogen-bond acceptors (Lipinski definition) is 3. The van der Waals surface area contributed by atoms with Gasteiger partial charge in [-0.1, -0.05) is 25.4 Å². The molecular weight excluding hydrogens is 447 g/mol. The van der Waals surface area contributed by atoms with E-state index in [0.717, 1.165) is 36.3 Å². The van der Waals surface area contributed by atoms with Crippen LogP contribution in [0.15, 0.2) is 35.2 Å². The molecule has 0 aromatic heterocycles. The van der Waals surface area contributed by atoms with E-state index in [9.17, 15) is 23.1 Å². The average molecular weight is 472 g/mol. The van der Waals surface area contributed by atoms with E-state index in [2.05, 4.69) is 12.2 Å². The van der Waals surface area contributed by atoms with Gasteiger partial charge in [0.15, 0.2) is 17.5 Å². The summed E-state index contributed by atoms with van der Waals surface area (Å²) in [6, 6.07) is 6.27. The van der Waals surface area contributed by atoms with Gasteiger partial charge in [-0.25, -0.2) is 13.2 Å². The number of aliphatic hydroxyl groups is 1. The molecule has 1 amide bonds. The molecule has 2 aromatic rings. The number of rotatable bonds is 7. The summed E-state index contributed by atoms with van der Waals surface area (Å²) >= 11 is 8.02. The lowest BCUT2D eigenvalue weighted by atomic mass is 9.94. The Balaban J connectivity index is 1.77. The van der Waals surface area contributed by atoms with Gasteiger partial charge in [0, 0.05) is 40.1 Å². The highest BCUT2D eigenvalue weighted by Gasteiger charge is 2.35. The number of thioether (sulfide) groups is 1. The molecule has 2 N–H and O–H groups in total. The Morgan fingerprint density at radius 1 is 1.23 bits per heavy atom. The minimum absolute atomic E-state index is 0.156. The summed E-state index contributed by atoms with van der Waals surface area (Å²) in [5.74, 6) is -3.77. The Morgan fingerprint density at radius 3 is 2.55 bits per heavy atom. The lowest BCUT2D eigenvalue weighted by Crippen LogP contribution is -2.19. The van der Waals surface area contributed by atoms with Gasteiger partial charge < -0.3 is 10.4 Å². The van der Waals surface area contributed by atoms with Gasteiger partial charge in [-0.05, 0) is 55.2 Å². The van der Waals surface area contributed by atoms with Crippen molar-refractivity contribution in [1.82, 2.24) is 0 Å². The van der Waals surface area contributed by atoms with Crippen LogP contribution >= 0.6 is 23.4 Å². The third-order valence-electron chi connectivity index (χ3n) is 5.73. The van der Waals surface area contributed by atoms with E-state index in [1.165, 1.54) is 6.07 Å². The van der Waals surface area contributed by atoms with E-state index in [1.54, 1.807) is 23.9 Å². The zero-order valence-corrected chi connectivity index (χ0v) is 18.9. The number of nitrogens with one attached hydrogen (secondary N) is 1. The highest BCUT2D eigenvalue weighted by molar-refractivity contribution is 8.00. The SMILES string of the molecule is CC(CO)CC1CCC(C)C1Sc1cc(C(=O)Nc2cc(F)c(F)c(F)c2)ccc1Cl. The number of carbonyl (C=O) groups is 1. The molecule has 1 aliphatic rings. The first-order valence-electron chi connectivity index (χ1n) is 10.2. The van der Waals surface area contributed by atoms with Crippen molar-refractivity contribution in [3.8, 4) is 0 Å². The van der Waals surface area contributed by atoms with Crippen LogP contribution in [0.25, 0.3) is 0 Å². The monoisotopic (exact) mass is 471 g/mol. The maximum atomic E-state index is 13.4. The van der Waals surface area contributed by atoms with Crippen molar-refractivity contribution < 1.29 is 23.1 Å². The Kier molecular flexibility index (Phi) is 7.94. The summed E-state index contributed by atoms with van der Waals surface area (Å²) in [6.45, 7) is 4.39. The molecule has 31 heavy (non-hydrogen) atoms. The first kappa shape index (κ1) is 24.0. The van der Waals surface area contributed by atoms with E-state index in [4.69, 9.17) is 11.6 Å². The van der Waals surface area contributed by atoms with Gasteiger partial charge in [-0.3, -0.25) is 4.79 Å². The second kappa shape index (κ2) is 10.3. The minimum atomic E-state index is -1.58. The highest BCUT2D eigenvalue weighted by atomic mass is 35.5. The first-order valence-corrected chi connectivity index (χ1v) is 11.5. The second-order valence-corrected chi connectivity index (χ2v) is 9.90. The molecule has 3 nitrogen and oxygen atoms in total. The number of aliphatic hydroxyl groups excluding tert-OH is 1. The van der Waals surface area contributed by atoms with Crippen LogP contribution in [0.3, 0.4) is 0 Å². The maximum absolute atomic E-state index is 13.4. The van der Waals surface area contributed by atoms with Crippen molar-refractivity contribution in [2.24, 2.45) is 17.8 Å². The van der Waals surface area contributed by atoms with Gasteiger partial charge in [-0.15, -0.1) is 11.8 Å². The van der Waals surface area contributed by atoms with Crippen LogP contribution in [0.2, 0.25) is 5.02 Å². The van der Waals surface area contributed by atoms with Crippen LogP contribution in [0.1, 0.15) is 43.5 Å². The molecule has 1 fully saturated rings. The summed E-state index contributed by atoms with van der Waals surface area (Å²) in [5, 5.41) is 12.6. The van der Waals surface area contributed by atoms with Crippen LogP contribution in [0, 0.1) is 35.2 Å². The summed E-state index contributed by atoms with van der Waals surface area (Å²) in [4.78, 5) is 13.4. The normalized spacial score (nSPS) is 21.8. The van der Waals surface area contributed by atoms with E-state index in [0.29, 0.717) is 22.1 Å². The summed E-state index contributed by atoms with van der Waals surface area (Å²) in [5.41, 5.74) is 0.107. The summed E-state index contributed by atoms with van der Waals surface area (Å²) in [6.07, 6.45) is 3.11. The topological polar surface area (TPSA) is 49.3 Å². The zero-order valence-electron chi connectivity index (χ0n) is 17.3. The molecule has 168 valence electrons. The van der Waals surface area contributed by atoms with Crippen molar-refractivity contribution in [2.75, 3.05) is 11.9 Å². The van der Waals surface area contributed by atoms with Crippen LogP contribution in [0.5, 0.6) is 0 Å². The quantitative estimate of drug-likeness (QED) is 0.451. The van der Waals surface area contributed by atoms with Gasteiger partial charge in [-0.2, -0.15) is 0 Å². The molecule has 3 rings (SSSR count). The van der Waals surface area contributed by atoms with Crippen molar-refractivity contribution in [3.63, 3.8) is 0 Å². The minimum Gasteiger partial charge on any atom is -0.396 e. The third kappa shape index (κ3) is 5.76. The predicted octanol–water partition coefficient (Wildman–Crippen LogP) is 6.53. The lowest BCUT2D eigenvalue weighted by molar-refractivity contribution is 0.102. The van der Waals surface area contributed by atoms with Gasteiger partial charge in [0.25, 0.3) is 5.91 Å². The molecule has 8 heteroatoms. The molecule has 1 saturated carbocycles. The molecular formula is C23H25ClF3NO2S. The van der Waals surface area contributed by atoms with Crippen molar-refractivity contribution >= 4 is 35.0 Å². The van der Waals surface area contributed by atoms with Crippen LogP contribution in [-0.2, 0) is 0 Å². The van der Waals surface area contributed by atoms with Gasteiger partial charge in [0.1, 0.15) is 0 Å². The maximum Gasteiger partial charge on any atom is 0.255 e. The number of amides is 1. The molecule has 2 aromatic carbocycles. The zero-order chi connectivity index (χ0) is 22.7. The molecule has 1 aliphatic carbocycles. The fourth-order valence-corrected chi connectivity index (χ4v) is 5.77. The molecule has 0 saturated heterocycles. The van der Waals surface area contributed by atoms with E-state index in [1.807, 2.05) is 6.92 Å². The average Bonchev–Trinajstić information content (AvgIpc) is 3.06. The molecule has 0 heterocycles. The Bertz CT molecular complexity index is 935. The number of halogens is 4. The van der Waals surface area contributed by atoms with Gasteiger partial charge in [0.2, 0.25) is 0 Å². The van der Waals surface area contributed by atoms with E-state index < -0.39 is 23.4 Å². The first-order chi connectivity index (χ1) is 14.7. The van der Waals surface area contributed by atoms with Gasteiger partial charge in [0.05, 0.1) is 5.02 Å². The molecule has 0 spiro atoms. The van der Waals surface area contributed by atoms with Crippen LogP contribution < -0.4 is 5.32 Å². The lowest BCUT2D eigenvalue weighted by Gasteiger charge is -2.25. The summed E-state index contributed by atoms with van der Waals surface area (Å²) < 4.78 is 40.0. The van der Waals surface area contributed by atoms with Gasteiger partial charge >= 0.3 is 0 Å². The standard InChI is InChI=1S/C23H25ClF3NO2S/c1-12(11-29)7-14-4-3-13(2)22(14)31-20-8-15(5-6-17(20)24)23(30)28-16-9-18(25)21(27)19(26)10-16/h5-6,8-10,12-14,22,29H,3-4,7,11H2,1-2H3,(H,28,30). The Hall–Kier alpha value is -1.70. The smallest absolute Gasteiger partial charge is 0.255 e. The molecule has 0 radical (unpaired) electrons. The highest BCUT2D eigenvalue weighted by Crippen LogP contribution is 2.46. The Labute approximate surface area is 189 Å². The van der Waals surface area contributed by atoms with Crippen molar-refractivity contribution in [3.05, 3.63) is 58.4 Å². The number of carbonyl (C=O) groups excluding carboxylic acids is 1. The van der Waals surface area contributed by atoms with Crippen molar-refractivity contribution in [1.29, 1.82) is 0 Å². The van der Waals surface area contributed by atoms with Crippen molar-refractivity contribution in [2.45, 2.75) is 43.3 Å².